The second-order valence-corrected chi connectivity index (χ2v) is 7.20. The minimum Gasteiger partial charge on any atom is -0.326 e. The van der Waals surface area contributed by atoms with Crippen LogP contribution in [-0.2, 0) is 11.3 Å². The molecule has 1 aliphatic heterocycles. The van der Waals surface area contributed by atoms with E-state index in [0.29, 0.717) is 12.3 Å². The minimum absolute atomic E-state index is 0.124. The summed E-state index contributed by atoms with van der Waals surface area (Å²) in [7, 11) is 0. The van der Waals surface area contributed by atoms with Gasteiger partial charge in [-0.15, -0.1) is 0 Å². The monoisotopic (exact) mass is 312 g/mol. The maximum Gasteiger partial charge on any atom is 0.224 e. The van der Waals surface area contributed by atoms with Gasteiger partial charge < -0.3 is 5.32 Å². The number of anilines is 1. The third kappa shape index (κ3) is 4.93. The van der Waals surface area contributed by atoms with Crippen LogP contribution in [0.3, 0.4) is 0 Å². The second kappa shape index (κ2) is 7.78. The van der Waals surface area contributed by atoms with Crippen molar-refractivity contribution < 1.29 is 4.79 Å². The number of piperidine rings is 1. The van der Waals surface area contributed by atoms with Crippen LogP contribution in [0.25, 0.3) is 0 Å². The zero-order valence-corrected chi connectivity index (χ0v) is 14.1. The quantitative estimate of drug-likeness (QED) is 0.826. The first-order valence-corrected chi connectivity index (χ1v) is 8.97. The number of nitrogens with zero attached hydrogens (tertiary/aromatic N) is 1. The van der Waals surface area contributed by atoms with Gasteiger partial charge in [-0.2, -0.15) is 0 Å². The highest BCUT2D eigenvalue weighted by atomic mass is 16.1. The van der Waals surface area contributed by atoms with Crippen molar-refractivity contribution in [1.82, 2.24) is 4.90 Å². The smallest absolute Gasteiger partial charge is 0.224 e. The lowest BCUT2D eigenvalue weighted by Gasteiger charge is -2.30. The molecule has 124 valence electrons. The molecule has 2 aliphatic rings. The van der Waals surface area contributed by atoms with Gasteiger partial charge in [0.15, 0.2) is 0 Å². The standard InChI is InChI=1S/C20H28N2O/c1-16-5-4-12-22(14-16)15-18-8-10-19(11-9-18)21-20(23)13-17-6-2-3-7-17/h2,6,8-11,16-17H,3-5,7,12-15H2,1H3,(H,21,23)/t16-,17-/m0/s1. The highest BCUT2D eigenvalue weighted by Crippen LogP contribution is 2.22. The summed E-state index contributed by atoms with van der Waals surface area (Å²) in [4.78, 5) is 14.6. The molecule has 0 unspecified atom stereocenters. The van der Waals surface area contributed by atoms with Crippen LogP contribution in [0.4, 0.5) is 5.69 Å². The maximum absolute atomic E-state index is 12.1. The fourth-order valence-corrected chi connectivity index (χ4v) is 3.70. The Bertz CT molecular complexity index is 549. The van der Waals surface area contributed by atoms with Crippen LogP contribution in [0.2, 0.25) is 0 Å². The highest BCUT2D eigenvalue weighted by molar-refractivity contribution is 5.91. The SMILES string of the molecule is C[C@H]1CCCN(Cc2ccc(NC(=O)C[C@H]3C=CCC3)cc2)C1. The first-order valence-electron chi connectivity index (χ1n) is 8.97. The van der Waals surface area contributed by atoms with Gasteiger partial charge in [-0.1, -0.05) is 31.2 Å². The van der Waals surface area contributed by atoms with E-state index in [2.05, 4.69) is 41.4 Å². The van der Waals surface area contributed by atoms with E-state index < -0.39 is 0 Å². The number of hydrogen-bond acceptors (Lipinski definition) is 2. The molecule has 1 aliphatic carbocycles. The zero-order chi connectivity index (χ0) is 16.1. The molecular formula is C20H28N2O. The average Bonchev–Trinajstić information content (AvgIpc) is 3.02. The minimum atomic E-state index is 0.124. The fourth-order valence-electron chi connectivity index (χ4n) is 3.70. The fraction of sp³-hybridized carbons (Fsp3) is 0.550. The topological polar surface area (TPSA) is 32.3 Å². The van der Waals surface area contributed by atoms with Gasteiger partial charge in [0, 0.05) is 25.2 Å². The Hall–Kier alpha value is -1.61. The number of likely N-dealkylation sites (tertiary alicyclic amines) is 1. The largest absolute Gasteiger partial charge is 0.326 e. The van der Waals surface area contributed by atoms with E-state index in [0.717, 1.165) is 31.0 Å². The van der Waals surface area contributed by atoms with Gasteiger partial charge in [-0.3, -0.25) is 9.69 Å². The van der Waals surface area contributed by atoms with Crippen molar-refractivity contribution in [2.24, 2.45) is 11.8 Å². The highest BCUT2D eigenvalue weighted by Gasteiger charge is 2.16. The molecule has 0 spiro atoms. The molecule has 3 heteroatoms. The molecule has 3 nitrogen and oxygen atoms in total. The predicted octanol–water partition coefficient (Wildman–Crippen LogP) is 4.21. The molecule has 2 atom stereocenters. The summed E-state index contributed by atoms with van der Waals surface area (Å²) < 4.78 is 0. The molecule has 1 aromatic carbocycles. The first-order chi connectivity index (χ1) is 11.2. The zero-order valence-electron chi connectivity index (χ0n) is 14.1. The van der Waals surface area contributed by atoms with E-state index in [4.69, 9.17) is 0 Å². The lowest BCUT2D eigenvalue weighted by molar-refractivity contribution is -0.116. The van der Waals surface area contributed by atoms with Crippen molar-refractivity contribution in [3.63, 3.8) is 0 Å². The summed E-state index contributed by atoms with van der Waals surface area (Å²) in [6.07, 6.45) is 9.84. The van der Waals surface area contributed by atoms with E-state index >= 15 is 0 Å². The van der Waals surface area contributed by atoms with E-state index in [1.807, 2.05) is 12.1 Å². The van der Waals surface area contributed by atoms with Crippen molar-refractivity contribution in [1.29, 1.82) is 0 Å². The maximum atomic E-state index is 12.1. The first kappa shape index (κ1) is 16.3. The molecule has 1 N–H and O–H groups in total. The van der Waals surface area contributed by atoms with Crippen LogP contribution in [0.5, 0.6) is 0 Å². The number of nitrogens with one attached hydrogen (secondary N) is 1. The third-order valence-electron chi connectivity index (χ3n) is 4.94. The van der Waals surface area contributed by atoms with Crippen molar-refractivity contribution in [3.05, 3.63) is 42.0 Å². The van der Waals surface area contributed by atoms with E-state index in [1.54, 1.807) is 0 Å². The summed E-state index contributed by atoms with van der Waals surface area (Å²) in [6, 6.07) is 8.35. The number of amides is 1. The van der Waals surface area contributed by atoms with Gasteiger partial charge >= 0.3 is 0 Å². The Kier molecular flexibility index (Phi) is 5.50. The van der Waals surface area contributed by atoms with Crippen LogP contribution in [0.1, 0.15) is 44.6 Å². The van der Waals surface area contributed by atoms with Crippen LogP contribution in [-0.4, -0.2) is 23.9 Å². The predicted molar refractivity (Wildman–Crippen MR) is 95.2 cm³/mol. The molecule has 3 rings (SSSR count). The Morgan fingerprint density at radius 1 is 1.26 bits per heavy atom. The second-order valence-electron chi connectivity index (χ2n) is 7.20. The molecular weight excluding hydrogens is 284 g/mol. The summed E-state index contributed by atoms with van der Waals surface area (Å²) in [5.41, 5.74) is 2.24. The third-order valence-corrected chi connectivity index (χ3v) is 4.94. The Balaban J connectivity index is 1.48. The van der Waals surface area contributed by atoms with E-state index in [1.165, 1.54) is 31.5 Å². The van der Waals surface area contributed by atoms with Crippen molar-refractivity contribution >= 4 is 11.6 Å². The van der Waals surface area contributed by atoms with Gasteiger partial charge in [0.1, 0.15) is 0 Å². The van der Waals surface area contributed by atoms with Crippen LogP contribution in [0.15, 0.2) is 36.4 Å². The van der Waals surface area contributed by atoms with Crippen LogP contribution >= 0.6 is 0 Å². The van der Waals surface area contributed by atoms with Gasteiger partial charge in [0.25, 0.3) is 0 Å². The van der Waals surface area contributed by atoms with E-state index in [-0.39, 0.29) is 5.91 Å². The average molecular weight is 312 g/mol. The summed E-state index contributed by atoms with van der Waals surface area (Å²) in [5.74, 6) is 1.36. The van der Waals surface area contributed by atoms with Gasteiger partial charge in [0.2, 0.25) is 5.91 Å². The van der Waals surface area contributed by atoms with Crippen LogP contribution < -0.4 is 5.32 Å². The Morgan fingerprint density at radius 3 is 2.78 bits per heavy atom. The van der Waals surface area contributed by atoms with Gasteiger partial charge in [0.05, 0.1) is 0 Å². The molecule has 23 heavy (non-hydrogen) atoms. The van der Waals surface area contributed by atoms with Crippen molar-refractivity contribution in [3.8, 4) is 0 Å². The summed E-state index contributed by atoms with van der Waals surface area (Å²) in [6.45, 7) is 5.76. The Morgan fingerprint density at radius 2 is 2.09 bits per heavy atom. The van der Waals surface area contributed by atoms with Crippen LogP contribution in [0, 0.1) is 11.8 Å². The van der Waals surface area contributed by atoms with Crippen molar-refractivity contribution in [2.45, 2.75) is 45.6 Å². The van der Waals surface area contributed by atoms with Crippen molar-refractivity contribution in [2.75, 3.05) is 18.4 Å². The molecule has 0 bridgehead atoms. The number of carbonyl (C=O) groups is 1. The number of rotatable bonds is 5. The number of carbonyl (C=O) groups excluding carboxylic acids is 1. The Labute approximate surface area is 139 Å². The van der Waals surface area contributed by atoms with Gasteiger partial charge in [-0.25, -0.2) is 0 Å². The molecule has 1 aromatic rings. The molecule has 1 saturated heterocycles. The van der Waals surface area contributed by atoms with E-state index in [9.17, 15) is 4.79 Å². The number of allylic oxidation sites excluding steroid dienone is 2. The number of hydrogen-bond donors (Lipinski definition) is 1. The summed E-state index contributed by atoms with van der Waals surface area (Å²) in [5, 5.41) is 3.02. The normalized spacial score (nSPS) is 24.7. The molecule has 0 radical (unpaired) electrons. The molecule has 1 amide bonds. The lowest BCUT2D eigenvalue weighted by atomic mass is 10.00. The molecule has 1 fully saturated rings. The molecule has 0 saturated carbocycles. The lowest BCUT2D eigenvalue weighted by Crippen LogP contribution is -2.33. The number of benzene rings is 1. The summed E-state index contributed by atoms with van der Waals surface area (Å²) >= 11 is 0. The van der Waals surface area contributed by atoms with Gasteiger partial charge in [-0.05, 0) is 61.8 Å². The molecule has 0 aromatic heterocycles. The molecule has 1 heterocycles.